The Morgan fingerprint density at radius 3 is 2.39 bits per heavy atom. The van der Waals surface area contributed by atoms with Crippen molar-refractivity contribution in [2.24, 2.45) is 0 Å². The summed E-state index contributed by atoms with van der Waals surface area (Å²) in [6, 6.07) is -0.221. The molecule has 3 fully saturated rings. The smallest absolute Gasteiger partial charge is 0.327 e. The zero-order chi connectivity index (χ0) is 16.2. The van der Waals surface area contributed by atoms with E-state index >= 15 is 0 Å². The lowest BCUT2D eigenvalue weighted by molar-refractivity contribution is -1.01. The van der Waals surface area contributed by atoms with E-state index in [9.17, 15) is 9.59 Å². The van der Waals surface area contributed by atoms with Crippen molar-refractivity contribution >= 4 is 11.9 Å². The average Bonchev–Trinajstić information content (AvgIpc) is 3.12. The van der Waals surface area contributed by atoms with Gasteiger partial charge in [0.25, 0.3) is 5.91 Å². The van der Waals surface area contributed by atoms with E-state index < -0.39 is 0 Å². The van der Waals surface area contributed by atoms with Crippen molar-refractivity contribution in [2.45, 2.75) is 31.7 Å². The van der Waals surface area contributed by atoms with Gasteiger partial charge in [-0.3, -0.25) is 9.69 Å². The molecule has 0 aliphatic carbocycles. The molecular formula is C16H30N4O3+2. The maximum absolute atomic E-state index is 12.2. The van der Waals surface area contributed by atoms with Crippen LogP contribution in [0.15, 0.2) is 0 Å². The summed E-state index contributed by atoms with van der Waals surface area (Å²) in [6.45, 7) is 8.18. The number of hydrogen-bond acceptors (Lipinski definition) is 3. The number of piperazine rings is 1. The number of amides is 3. The summed E-state index contributed by atoms with van der Waals surface area (Å²) in [5.41, 5.74) is 0. The molecule has 0 radical (unpaired) electrons. The monoisotopic (exact) mass is 326 g/mol. The third kappa shape index (κ3) is 3.67. The molecule has 0 aromatic heterocycles. The van der Waals surface area contributed by atoms with E-state index in [-0.39, 0.29) is 24.6 Å². The Balaban J connectivity index is 1.33. The van der Waals surface area contributed by atoms with E-state index in [0.717, 1.165) is 71.5 Å². The number of unbranched alkanes of at least 4 members (excludes halogenated alkanes) is 1. The Hall–Kier alpha value is -1.18. The molecular weight excluding hydrogens is 296 g/mol. The van der Waals surface area contributed by atoms with Gasteiger partial charge in [-0.2, -0.15) is 0 Å². The molecule has 3 amide bonds. The van der Waals surface area contributed by atoms with Gasteiger partial charge in [0.15, 0.2) is 0 Å². The summed E-state index contributed by atoms with van der Waals surface area (Å²) in [5.74, 6) is 0.0288. The number of quaternary nitrogens is 2. The number of rotatable bonds is 7. The Kier molecular flexibility index (Phi) is 5.50. The number of nitrogens with one attached hydrogen (secondary N) is 2. The molecule has 3 rings (SSSR count). The number of aliphatic hydroxyl groups is 1. The average molecular weight is 326 g/mol. The maximum atomic E-state index is 12.2. The summed E-state index contributed by atoms with van der Waals surface area (Å²) >= 11 is 0. The van der Waals surface area contributed by atoms with Crippen molar-refractivity contribution in [2.75, 3.05) is 59.0 Å². The normalized spacial score (nSPS) is 31.1. The van der Waals surface area contributed by atoms with Crippen molar-refractivity contribution in [3.05, 3.63) is 0 Å². The largest absolute Gasteiger partial charge is 0.391 e. The van der Waals surface area contributed by atoms with Crippen LogP contribution in [0.5, 0.6) is 0 Å². The lowest BCUT2D eigenvalue weighted by Gasteiger charge is -2.29. The summed E-state index contributed by atoms with van der Waals surface area (Å²) in [7, 11) is 0. The molecule has 0 aromatic carbocycles. The van der Waals surface area contributed by atoms with Gasteiger partial charge in [0.1, 0.15) is 38.8 Å². The topological polar surface area (TPSA) is 69.7 Å². The van der Waals surface area contributed by atoms with Gasteiger partial charge in [0, 0.05) is 13.1 Å². The van der Waals surface area contributed by atoms with E-state index in [1.807, 2.05) is 0 Å². The first-order chi connectivity index (χ1) is 11.2. The van der Waals surface area contributed by atoms with Crippen LogP contribution in [0.4, 0.5) is 4.79 Å². The Labute approximate surface area is 137 Å². The quantitative estimate of drug-likeness (QED) is 0.344. The highest BCUT2D eigenvalue weighted by molar-refractivity contribution is 6.04. The lowest BCUT2D eigenvalue weighted by Crippen LogP contribution is -3.28. The highest BCUT2D eigenvalue weighted by atomic mass is 16.3. The highest BCUT2D eigenvalue weighted by Gasteiger charge is 2.46. The van der Waals surface area contributed by atoms with Crippen molar-refractivity contribution in [1.82, 2.24) is 9.80 Å². The summed E-state index contributed by atoms with van der Waals surface area (Å²) in [5, 5.41) is 8.97. The predicted octanol–water partition coefficient (Wildman–Crippen LogP) is -3.03. The second-order valence-corrected chi connectivity index (χ2v) is 7.05. The fourth-order valence-corrected chi connectivity index (χ4v) is 4.15. The van der Waals surface area contributed by atoms with Gasteiger partial charge < -0.3 is 19.8 Å². The zero-order valence-electron chi connectivity index (χ0n) is 13.9. The number of carbonyl (C=O) groups excluding carboxylic acids is 2. The minimum Gasteiger partial charge on any atom is -0.391 e. The Morgan fingerprint density at radius 1 is 1.04 bits per heavy atom. The van der Waals surface area contributed by atoms with Crippen LogP contribution in [0, 0.1) is 0 Å². The molecule has 0 aromatic rings. The summed E-state index contributed by atoms with van der Waals surface area (Å²) in [4.78, 5) is 30.8. The van der Waals surface area contributed by atoms with E-state index in [0.29, 0.717) is 6.54 Å². The van der Waals surface area contributed by atoms with E-state index in [4.69, 9.17) is 5.11 Å². The maximum Gasteiger partial charge on any atom is 0.327 e. The Bertz CT molecular complexity index is 415. The second-order valence-electron chi connectivity index (χ2n) is 7.05. The molecule has 0 bridgehead atoms. The van der Waals surface area contributed by atoms with E-state index in [2.05, 4.69) is 0 Å². The van der Waals surface area contributed by atoms with E-state index in [1.54, 1.807) is 9.80 Å². The van der Waals surface area contributed by atoms with Gasteiger partial charge in [-0.05, 0) is 25.7 Å². The molecule has 0 unspecified atom stereocenters. The molecule has 0 spiro atoms. The van der Waals surface area contributed by atoms with Crippen molar-refractivity contribution < 1.29 is 24.5 Å². The van der Waals surface area contributed by atoms with Crippen LogP contribution in [0.2, 0.25) is 0 Å². The summed E-state index contributed by atoms with van der Waals surface area (Å²) < 4.78 is 0. The van der Waals surface area contributed by atoms with Crippen LogP contribution in [-0.4, -0.2) is 91.9 Å². The molecule has 3 aliphatic rings. The SMILES string of the molecule is O=C1[C@H]2CCCN2C(=O)N1CCCC[NH+]1CC[NH+](CCO)CC1. The van der Waals surface area contributed by atoms with Gasteiger partial charge in [0.2, 0.25) is 0 Å². The molecule has 3 saturated heterocycles. The van der Waals surface area contributed by atoms with Crippen molar-refractivity contribution in [3.63, 3.8) is 0 Å². The van der Waals surface area contributed by atoms with Crippen LogP contribution < -0.4 is 9.80 Å². The number of nitrogens with zero attached hydrogens (tertiary/aromatic N) is 2. The number of carbonyl (C=O) groups is 2. The van der Waals surface area contributed by atoms with Gasteiger partial charge in [-0.15, -0.1) is 0 Å². The van der Waals surface area contributed by atoms with Crippen molar-refractivity contribution in [1.29, 1.82) is 0 Å². The zero-order valence-corrected chi connectivity index (χ0v) is 13.9. The van der Waals surface area contributed by atoms with Crippen molar-refractivity contribution in [3.8, 4) is 0 Å². The van der Waals surface area contributed by atoms with E-state index in [1.165, 1.54) is 9.80 Å². The number of urea groups is 1. The number of fused-ring (bicyclic) bond motifs is 1. The first-order valence-electron chi connectivity index (χ1n) is 9.10. The van der Waals surface area contributed by atoms with Gasteiger partial charge in [0.05, 0.1) is 13.2 Å². The molecule has 7 heteroatoms. The third-order valence-electron chi connectivity index (χ3n) is 5.57. The van der Waals surface area contributed by atoms with Crippen LogP contribution in [0.25, 0.3) is 0 Å². The highest BCUT2D eigenvalue weighted by Crippen LogP contribution is 2.27. The van der Waals surface area contributed by atoms with Gasteiger partial charge in [-0.1, -0.05) is 0 Å². The Morgan fingerprint density at radius 2 is 1.74 bits per heavy atom. The van der Waals surface area contributed by atoms with Crippen LogP contribution in [0.3, 0.4) is 0 Å². The second kappa shape index (κ2) is 7.59. The standard InChI is InChI=1S/C16H28N4O3/c21-13-12-18-10-8-17(9-11-18)5-1-2-6-20-15(22)14-4-3-7-19(14)16(20)23/h14,21H,1-13H2/p+2/t14-/m1/s1. The summed E-state index contributed by atoms with van der Waals surface area (Å²) in [6.07, 6.45) is 3.77. The fraction of sp³-hybridized carbons (Fsp3) is 0.875. The first kappa shape index (κ1) is 16.7. The lowest BCUT2D eigenvalue weighted by atomic mass is 10.2. The molecule has 3 heterocycles. The van der Waals surface area contributed by atoms with Crippen LogP contribution in [0.1, 0.15) is 25.7 Å². The minimum atomic E-state index is -0.157. The minimum absolute atomic E-state index is 0.0288. The first-order valence-corrected chi connectivity index (χ1v) is 9.10. The van der Waals surface area contributed by atoms with Crippen LogP contribution >= 0.6 is 0 Å². The van der Waals surface area contributed by atoms with Gasteiger partial charge in [-0.25, -0.2) is 4.79 Å². The van der Waals surface area contributed by atoms with Crippen LogP contribution in [-0.2, 0) is 4.79 Å². The molecule has 130 valence electrons. The number of aliphatic hydroxyl groups excluding tert-OH is 1. The molecule has 23 heavy (non-hydrogen) atoms. The molecule has 1 atom stereocenters. The van der Waals surface area contributed by atoms with Gasteiger partial charge >= 0.3 is 6.03 Å². The molecule has 3 aliphatic heterocycles. The number of imide groups is 1. The molecule has 3 N–H and O–H groups in total. The third-order valence-corrected chi connectivity index (χ3v) is 5.57. The number of hydrogen-bond donors (Lipinski definition) is 3. The fourth-order valence-electron chi connectivity index (χ4n) is 4.15. The molecule has 7 nitrogen and oxygen atoms in total. The molecule has 0 saturated carbocycles. The predicted molar refractivity (Wildman–Crippen MR) is 84.3 cm³/mol.